The Hall–Kier alpha value is -0.860. The fourth-order valence-electron chi connectivity index (χ4n) is 2.80. The van der Waals surface area contributed by atoms with E-state index in [1.54, 1.807) is 0 Å². The molecule has 2 N–H and O–H groups in total. The molecule has 0 bridgehead atoms. The molecule has 2 rings (SSSR count). The molecule has 1 unspecified atom stereocenters. The van der Waals surface area contributed by atoms with Crippen LogP contribution in [0.1, 0.15) is 44.7 Å². The van der Waals surface area contributed by atoms with Gasteiger partial charge in [0.25, 0.3) is 0 Å². The monoisotopic (exact) mass is 246 g/mol. The van der Waals surface area contributed by atoms with Crippen LogP contribution >= 0.6 is 0 Å². The molecule has 1 aliphatic heterocycles. The summed E-state index contributed by atoms with van der Waals surface area (Å²) in [6.07, 6.45) is 2.21. The molecule has 1 aromatic rings. The van der Waals surface area contributed by atoms with Gasteiger partial charge in [0.05, 0.1) is 0 Å². The summed E-state index contributed by atoms with van der Waals surface area (Å²) in [4.78, 5) is 2.51. The zero-order chi connectivity index (χ0) is 13.2. The third-order valence-corrected chi connectivity index (χ3v) is 3.60. The highest BCUT2D eigenvalue weighted by atomic mass is 15.1. The highest BCUT2D eigenvalue weighted by Gasteiger charge is 2.20. The van der Waals surface area contributed by atoms with Crippen LogP contribution in [0.5, 0.6) is 0 Å². The number of hydrogen-bond acceptors (Lipinski definition) is 2. The van der Waals surface area contributed by atoms with Gasteiger partial charge in [-0.3, -0.25) is 4.90 Å². The average Bonchev–Trinajstić information content (AvgIpc) is 2.66. The molecule has 100 valence electrons. The van der Waals surface area contributed by atoms with E-state index in [0.717, 1.165) is 32.5 Å². The Balaban J connectivity index is 1.77. The summed E-state index contributed by atoms with van der Waals surface area (Å²) in [5.74, 6) is 0. The molecule has 0 saturated heterocycles. The second-order valence-corrected chi connectivity index (χ2v) is 6.79. The molecule has 1 atom stereocenters. The molecule has 0 saturated carbocycles. The normalized spacial score (nSPS) is 17.8. The fourth-order valence-corrected chi connectivity index (χ4v) is 2.80. The Labute approximate surface area is 111 Å². The SMILES string of the molecule is CC(C)(C)CC(N)CCN1Cc2ccccc2C1. The van der Waals surface area contributed by atoms with E-state index in [9.17, 15) is 0 Å². The number of hydrogen-bond donors (Lipinski definition) is 1. The zero-order valence-electron chi connectivity index (χ0n) is 11.9. The van der Waals surface area contributed by atoms with Crippen molar-refractivity contribution in [2.75, 3.05) is 6.54 Å². The maximum atomic E-state index is 6.22. The minimum Gasteiger partial charge on any atom is -0.328 e. The Morgan fingerprint density at radius 2 is 1.72 bits per heavy atom. The van der Waals surface area contributed by atoms with Gasteiger partial charge in [-0.2, -0.15) is 0 Å². The van der Waals surface area contributed by atoms with Crippen molar-refractivity contribution in [3.8, 4) is 0 Å². The summed E-state index contributed by atoms with van der Waals surface area (Å²) in [5.41, 5.74) is 9.53. The van der Waals surface area contributed by atoms with Gasteiger partial charge in [-0.05, 0) is 29.4 Å². The van der Waals surface area contributed by atoms with E-state index in [0.29, 0.717) is 11.5 Å². The number of nitrogens with zero attached hydrogens (tertiary/aromatic N) is 1. The van der Waals surface area contributed by atoms with Gasteiger partial charge in [0, 0.05) is 25.7 Å². The first kappa shape index (κ1) is 13.6. The number of nitrogens with two attached hydrogens (primary N) is 1. The summed E-state index contributed by atoms with van der Waals surface area (Å²) < 4.78 is 0. The van der Waals surface area contributed by atoms with Crippen LogP contribution in [0.3, 0.4) is 0 Å². The smallest absolute Gasteiger partial charge is 0.0240 e. The highest BCUT2D eigenvalue weighted by molar-refractivity contribution is 5.30. The van der Waals surface area contributed by atoms with Gasteiger partial charge in [-0.15, -0.1) is 0 Å². The Kier molecular flexibility index (Phi) is 4.08. The molecule has 2 nitrogen and oxygen atoms in total. The maximum Gasteiger partial charge on any atom is 0.0240 e. The molecule has 0 aliphatic carbocycles. The van der Waals surface area contributed by atoms with Crippen LogP contribution < -0.4 is 5.73 Å². The van der Waals surface area contributed by atoms with Crippen LogP contribution in [0.15, 0.2) is 24.3 Å². The lowest BCUT2D eigenvalue weighted by Crippen LogP contribution is -2.31. The van der Waals surface area contributed by atoms with Gasteiger partial charge >= 0.3 is 0 Å². The third kappa shape index (κ3) is 3.82. The second kappa shape index (κ2) is 5.41. The zero-order valence-corrected chi connectivity index (χ0v) is 11.9. The summed E-state index contributed by atoms with van der Waals surface area (Å²) in [6.45, 7) is 10.1. The molecule has 1 aliphatic rings. The third-order valence-electron chi connectivity index (χ3n) is 3.60. The van der Waals surface area contributed by atoms with Crippen LogP contribution in [0.25, 0.3) is 0 Å². The Morgan fingerprint density at radius 1 is 1.17 bits per heavy atom. The lowest BCUT2D eigenvalue weighted by atomic mass is 9.87. The van der Waals surface area contributed by atoms with Crippen LogP contribution in [0.4, 0.5) is 0 Å². The highest BCUT2D eigenvalue weighted by Crippen LogP contribution is 2.24. The topological polar surface area (TPSA) is 29.3 Å². The predicted molar refractivity (Wildman–Crippen MR) is 77.2 cm³/mol. The first-order chi connectivity index (χ1) is 8.44. The van der Waals surface area contributed by atoms with Crippen LogP contribution in [-0.4, -0.2) is 17.5 Å². The molecule has 0 fully saturated rings. The van der Waals surface area contributed by atoms with Crippen LogP contribution in [0, 0.1) is 5.41 Å². The molecule has 1 heterocycles. The largest absolute Gasteiger partial charge is 0.328 e. The van der Waals surface area contributed by atoms with Crippen molar-refractivity contribution < 1.29 is 0 Å². The number of fused-ring (bicyclic) bond motifs is 1. The lowest BCUT2D eigenvalue weighted by molar-refractivity contribution is 0.252. The van der Waals surface area contributed by atoms with Crippen LogP contribution in [-0.2, 0) is 13.1 Å². The van der Waals surface area contributed by atoms with Crippen molar-refractivity contribution in [1.82, 2.24) is 4.90 Å². The summed E-state index contributed by atoms with van der Waals surface area (Å²) in [7, 11) is 0. The summed E-state index contributed by atoms with van der Waals surface area (Å²) >= 11 is 0. The first-order valence-corrected chi connectivity index (χ1v) is 6.99. The van der Waals surface area contributed by atoms with Crippen LogP contribution in [0.2, 0.25) is 0 Å². The summed E-state index contributed by atoms with van der Waals surface area (Å²) in [5, 5.41) is 0. The van der Waals surface area contributed by atoms with E-state index in [2.05, 4.69) is 49.9 Å². The summed E-state index contributed by atoms with van der Waals surface area (Å²) in [6, 6.07) is 9.07. The molecular weight excluding hydrogens is 220 g/mol. The van der Waals surface area contributed by atoms with E-state index in [1.165, 1.54) is 11.1 Å². The number of benzene rings is 1. The van der Waals surface area contributed by atoms with E-state index >= 15 is 0 Å². The Morgan fingerprint density at radius 3 is 2.22 bits per heavy atom. The molecular formula is C16H26N2. The molecule has 18 heavy (non-hydrogen) atoms. The van der Waals surface area contributed by atoms with Crippen molar-refractivity contribution in [1.29, 1.82) is 0 Å². The van der Waals surface area contributed by atoms with Gasteiger partial charge < -0.3 is 5.73 Å². The molecule has 0 radical (unpaired) electrons. The molecule has 1 aromatic carbocycles. The minimum absolute atomic E-state index is 0.328. The molecule has 0 amide bonds. The standard InChI is InChI=1S/C16H26N2/c1-16(2,3)10-15(17)8-9-18-11-13-6-4-5-7-14(13)12-18/h4-7,15H,8-12,17H2,1-3H3. The maximum absolute atomic E-state index is 6.22. The Bertz CT molecular complexity index is 367. The van der Waals surface area contributed by atoms with Gasteiger partial charge in [-0.25, -0.2) is 0 Å². The van der Waals surface area contributed by atoms with E-state index in [4.69, 9.17) is 5.73 Å². The molecule has 2 heteroatoms. The first-order valence-electron chi connectivity index (χ1n) is 6.99. The van der Waals surface area contributed by atoms with Crippen molar-refractivity contribution in [2.45, 2.75) is 52.7 Å². The fraction of sp³-hybridized carbons (Fsp3) is 0.625. The lowest BCUT2D eigenvalue weighted by Gasteiger charge is -2.24. The van der Waals surface area contributed by atoms with E-state index in [1.807, 2.05) is 0 Å². The van der Waals surface area contributed by atoms with Crippen molar-refractivity contribution in [3.05, 3.63) is 35.4 Å². The van der Waals surface area contributed by atoms with Gasteiger partial charge in [0.1, 0.15) is 0 Å². The van der Waals surface area contributed by atoms with Crippen molar-refractivity contribution in [2.24, 2.45) is 11.1 Å². The van der Waals surface area contributed by atoms with Gasteiger partial charge in [-0.1, -0.05) is 45.0 Å². The molecule has 0 spiro atoms. The predicted octanol–water partition coefficient (Wildman–Crippen LogP) is 3.16. The molecule has 0 aromatic heterocycles. The minimum atomic E-state index is 0.328. The van der Waals surface area contributed by atoms with E-state index in [-0.39, 0.29) is 0 Å². The quantitative estimate of drug-likeness (QED) is 0.884. The average molecular weight is 246 g/mol. The second-order valence-electron chi connectivity index (χ2n) is 6.79. The van der Waals surface area contributed by atoms with Gasteiger partial charge in [0.15, 0.2) is 0 Å². The van der Waals surface area contributed by atoms with E-state index < -0.39 is 0 Å². The number of rotatable bonds is 4. The van der Waals surface area contributed by atoms with Gasteiger partial charge in [0.2, 0.25) is 0 Å². The van der Waals surface area contributed by atoms with Crippen molar-refractivity contribution >= 4 is 0 Å². The van der Waals surface area contributed by atoms with Crippen molar-refractivity contribution in [3.63, 3.8) is 0 Å².